The molecule has 2 aliphatic rings. The topological polar surface area (TPSA) is 52.6 Å². The van der Waals surface area contributed by atoms with Gasteiger partial charge in [0.1, 0.15) is 12.1 Å². The molecule has 2 aliphatic heterocycles. The minimum absolute atomic E-state index is 0.00409. The summed E-state index contributed by atoms with van der Waals surface area (Å²) < 4.78 is 0. The maximum Gasteiger partial charge on any atom is 0.245 e. The minimum atomic E-state index is -0.352. The van der Waals surface area contributed by atoms with Gasteiger partial charge in [-0.1, -0.05) is 37.6 Å². The number of carbonyl (C=O) groups excluding carboxylic acids is 2. The van der Waals surface area contributed by atoms with Crippen LogP contribution in [-0.4, -0.2) is 53.3 Å². The molecule has 1 N–H and O–H groups in total. The summed E-state index contributed by atoms with van der Waals surface area (Å²) in [6.07, 6.45) is 0.708. The Balaban J connectivity index is 1.67. The summed E-state index contributed by atoms with van der Waals surface area (Å²) in [6, 6.07) is 5.79. The lowest BCUT2D eigenvalue weighted by atomic mass is 9.97. The van der Waals surface area contributed by atoms with Crippen LogP contribution >= 0.6 is 0 Å². The monoisotopic (exact) mass is 343 g/mol. The lowest BCUT2D eigenvalue weighted by molar-refractivity contribution is -0.153. The molecule has 0 spiro atoms. The third-order valence-electron chi connectivity index (χ3n) is 5.26. The highest BCUT2D eigenvalue weighted by atomic mass is 16.2. The second-order valence-electron chi connectivity index (χ2n) is 7.90. The van der Waals surface area contributed by atoms with Crippen LogP contribution in [0, 0.1) is 19.8 Å². The number of benzene rings is 1. The minimum Gasteiger partial charge on any atom is -0.342 e. The molecule has 2 atom stereocenters. The molecule has 2 heterocycles. The average Bonchev–Trinajstić information content (AvgIpc) is 2.54. The van der Waals surface area contributed by atoms with E-state index >= 15 is 0 Å². The number of aryl methyl sites for hydroxylation is 2. The van der Waals surface area contributed by atoms with Crippen molar-refractivity contribution < 1.29 is 9.59 Å². The zero-order chi connectivity index (χ0) is 18.1. The van der Waals surface area contributed by atoms with E-state index in [4.69, 9.17) is 0 Å². The van der Waals surface area contributed by atoms with Crippen molar-refractivity contribution >= 4 is 11.8 Å². The molecule has 5 nitrogen and oxygen atoms in total. The van der Waals surface area contributed by atoms with Gasteiger partial charge in [-0.15, -0.1) is 0 Å². The lowest BCUT2D eigenvalue weighted by Gasteiger charge is -2.45. The van der Waals surface area contributed by atoms with Gasteiger partial charge in [-0.2, -0.15) is 0 Å². The summed E-state index contributed by atoms with van der Waals surface area (Å²) >= 11 is 0. The van der Waals surface area contributed by atoms with Gasteiger partial charge in [-0.3, -0.25) is 14.5 Å². The zero-order valence-corrected chi connectivity index (χ0v) is 15.7. The number of rotatable bonds is 4. The molecule has 1 aromatic carbocycles. The maximum absolute atomic E-state index is 12.7. The predicted octanol–water partition coefficient (Wildman–Crippen LogP) is 1.86. The van der Waals surface area contributed by atoms with Crippen molar-refractivity contribution in [2.24, 2.45) is 5.92 Å². The number of hydrogen-bond donors (Lipinski definition) is 1. The smallest absolute Gasteiger partial charge is 0.245 e. The molecular weight excluding hydrogens is 314 g/mol. The molecule has 0 aromatic heterocycles. The van der Waals surface area contributed by atoms with Crippen LogP contribution in [0.2, 0.25) is 0 Å². The summed E-state index contributed by atoms with van der Waals surface area (Å²) in [5.74, 6) is 0.469. The zero-order valence-electron chi connectivity index (χ0n) is 15.7. The van der Waals surface area contributed by atoms with Gasteiger partial charge in [0.25, 0.3) is 0 Å². The summed E-state index contributed by atoms with van der Waals surface area (Å²) in [5, 5.41) is 2.94. The molecule has 2 saturated heterocycles. The molecule has 3 rings (SSSR count). The Bertz CT molecular complexity index is 671. The number of piperazine rings is 2. The normalized spacial score (nSPS) is 24.4. The first-order chi connectivity index (χ1) is 11.8. The number of hydrogen-bond acceptors (Lipinski definition) is 3. The standard InChI is InChI=1S/C20H29N3O2/c1-13(2)9-17-20(25)23-8-7-22(12-18(23)19(24)21-17)11-16-6-5-14(3)10-15(16)4/h5-6,10,13,17-18H,7-9,11-12H2,1-4H3,(H,21,24)/t17-,18-/m1/s1. The molecule has 2 fully saturated rings. The van der Waals surface area contributed by atoms with Gasteiger partial charge < -0.3 is 10.2 Å². The molecule has 5 heteroatoms. The Kier molecular flexibility index (Phi) is 5.13. The van der Waals surface area contributed by atoms with Crippen molar-refractivity contribution in [3.8, 4) is 0 Å². The van der Waals surface area contributed by atoms with E-state index in [0.29, 0.717) is 25.4 Å². The second-order valence-corrected chi connectivity index (χ2v) is 7.90. The third kappa shape index (κ3) is 3.87. The van der Waals surface area contributed by atoms with Crippen molar-refractivity contribution in [1.29, 1.82) is 0 Å². The summed E-state index contributed by atoms with van der Waals surface area (Å²) in [5.41, 5.74) is 3.84. The van der Waals surface area contributed by atoms with Crippen LogP contribution in [0.25, 0.3) is 0 Å². The van der Waals surface area contributed by atoms with Crippen LogP contribution in [0.15, 0.2) is 18.2 Å². The van der Waals surface area contributed by atoms with Crippen molar-refractivity contribution in [2.45, 2.75) is 52.7 Å². The van der Waals surface area contributed by atoms with Gasteiger partial charge in [0, 0.05) is 26.2 Å². The predicted molar refractivity (Wildman–Crippen MR) is 98.1 cm³/mol. The maximum atomic E-state index is 12.7. The highest BCUT2D eigenvalue weighted by Crippen LogP contribution is 2.21. The van der Waals surface area contributed by atoms with E-state index in [-0.39, 0.29) is 23.9 Å². The second kappa shape index (κ2) is 7.16. The first-order valence-corrected chi connectivity index (χ1v) is 9.24. The first-order valence-electron chi connectivity index (χ1n) is 9.24. The number of amides is 2. The van der Waals surface area contributed by atoms with Gasteiger partial charge in [0.2, 0.25) is 11.8 Å². The molecule has 0 bridgehead atoms. The van der Waals surface area contributed by atoms with Crippen LogP contribution in [0.4, 0.5) is 0 Å². The van der Waals surface area contributed by atoms with E-state index in [1.54, 1.807) is 4.90 Å². The first kappa shape index (κ1) is 17.9. The Morgan fingerprint density at radius 1 is 1.20 bits per heavy atom. The fraction of sp³-hybridized carbons (Fsp3) is 0.600. The third-order valence-corrected chi connectivity index (χ3v) is 5.26. The summed E-state index contributed by atoms with van der Waals surface area (Å²) in [4.78, 5) is 29.3. The number of nitrogens with one attached hydrogen (secondary N) is 1. The van der Waals surface area contributed by atoms with Gasteiger partial charge in [0.05, 0.1) is 0 Å². The fourth-order valence-corrected chi connectivity index (χ4v) is 3.90. The quantitative estimate of drug-likeness (QED) is 0.908. The Morgan fingerprint density at radius 2 is 1.96 bits per heavy atom. The van der Waals surface area contributed by atoms with E-state index in [0.717, 1.165) is 13.1 Å². The highest BCUT2D eigenvalue weighted by molar-refractivity contribution is 5.97. The Morgan fingerprint density at radius 3 is 2.64 bits per heavy atom. The van der Waals surface area contributed by atoms with Crippen LogP contribution in [0.1, 0.15) is 37.0 Å². The molecule has 1 aromatic rings. The van der Waals surface area contributed by atoms with Gasteiger partial charge >= 0.3 is 0 Å². The summed E-state index contributed by atoms with van der Waals surface area (Å²) in [6.45, 7) is 11.3. The molecule has 2 amide bonds. The van der Waals surface area contributed by atoms with E-state index in [1.807, 2.05) is 0 Å². The number of nitrogens with zero attached hydrogens (tertiary/aromatic N) is 2. The molecule has 136 valence electrons. The van der Waals surface area contributed by atoms with E-state index in [1.165, 1.54) is 16.7 Å². The fourth-order valence-electron chi connectivity index (χ4n) is 3.90. The van der Waals surface area contributed by atoms with E-state index in [2.05, 4.69) is 56.1 Å². The molecule has 0 saturated carbocycles. The number of fused-ring (bicyclic) bond motifs is 1. The molecule has 0 unspecified atom stereocenters. The molecule has 25 heavy (non-hydrogen) atoms. The van der Waals surface area contributed by atoms with Crippen LogP contribution in [0.5, 0.6) is 0 Å². The lowest BCUT2D eigenvalue weighted by Crippen LogP contribution is -2.69. The molecular formula is C20H29N3O2. The van der Waals surface area contributed by atoms with Crippen molar-refractivity contribution in [3.63, 3.8) is 0 Å². The van der Waals surface area contributed by atoms with Crippen LogP contribution < -0.4 is 5.32 Å². The van der Waals surface area contributed by atoms with E-state index in [9.17, 15) is 9.59 Å². The SMILES string of the molecule is Cc1ccc(CN2CCN3C(=O)[C@@H](CC(C)C)NC(=O)[C@H]3C2)c(C)c1. The highest BCUT2D eigenvalue weighted by Gasteiger charge is 2.43. The summed E-state index contributed by atoms with van der Waals surface area (Å²) in [7, 11) is 0. The van der Waals surface area contributed by atoms with Crippen molar-refractivity contribution in [2.75, 3.05) is 19.6 Å². The Hall–Kier alpha value is -1.88. The average molecular weight is 343 g/mol. The van der Waals surface area contributed by atoms with Gasteiger partial charge in [0.15, 0.2) is 0 Å². The van der Waals surface area contributed by atoms with E-state index < -0.39 is 0 Å². The van der Waals surface area contributed by atoms with Gasteiger partial charge in [-0.25, -0.2) is 0 Å². The Labute approximate surface area is 150 Å². The largest absolute Gasteiger partial charge is 0.342 e. The van der Waals surface area contributed by atoms with Crippen molar-refractivity contribution in [3.05, 3.63) is 34.9 Å². The van der Waals surface area contributed by atoms with Crippen LogP contribution in [-0.2, 0) is 16.1 Å². The van der Waals surface area contributed by atoms with Crippen molar-refractivity contribution in [1.82, 2.24) is 15.1 Å². The van der Waals surface area contributed by atoms with Crippen LogP contribution in [0.3, 0.4) is 0 Å². The molecule has 0 aliphatic carbocycles. The number of carbonyl (C=O) groups is 2. The molecule has 0 radical (unpaired) electrons. The van der Waals surface area contributed by atoms with Gasteiger partial charge in [-0.05, 0) is 37.3 Å².